The average Bonchev–Trinajstić information content (AvgIpc) is 3.02. The molecule has 0 aliphatic heterocycles. The van der Waals surface area contributed by atoms with Crippen molar-refractivity contribution in [3.8, 4) is 0 Å². The number of imidazole rings is 1. The van der Waals surface area contributed by atoms with Crippen LogP contribution in [0.1, 0.15) is 30.4 Å². The van der Waals surface area contributed by atoms with Gasteiger partial charge in [0.2, 0.25) is 5.89 Å². The quantitative estimate of drug-likeness (QED) is 0.690. The van der Waals surface area contributed by atoms with Gasteiger partial charge in [-0.25, -0.2) is 14.4 Å². The van der Waals surface area contributed by atoms with Gasteiger partial charge in [0.25, 0.3) is 0 Å². The molecular formula is C14H13ClFN3O. The highest BCUT2D eigenvalue weighted by Gasteiger charge is 2.21. The molecule has 0 bridgehead atoms. The van der Waals surface area contributed by atoms with Crippen molar-refractivity contribution in [3.63, 3.8) is 0 Å². The molecule has 3 rings (SSSR count). The highest BCUT2D eigenvalue weighted by molar-refractivity contribution is 6.16. The van der Waals surface area contributed by atoms with Gasteiger partial charge in [-0.2, -0.15) is 0 Å². The van der Waals surface area contributed by atoms with Crippen LogP contribution >= 0.6 is 11.6 Å². The Balaban J connectivity index is 2.21. The first-order valence-electron chi connectivity index (χ1n) is 6.25. The lowest BCUT2D eigenvalue weighted by Gasteiger charge is -2.13. The van der Waals surface area contributed by atoms with Gasteiger partial charge >= 0.3 is 0 Å². The minimum atomic E-state index is -0.358. The second-order valence-corrected chi connectivity index (χ2v) is 4.89. The summed E-state index contributed by atoms with van der Waals surface area (Å²) in [6, 6.07) is 4.65. The molecule has 20 heavy (non-hydrogen) atoms. The zero-order chi connectivity index (χ0) is 14.3. The first-order chi connectivity index (χ1) is 9.61. The molecule has 3 aromatic rings. The van der Waals surface area contributed by atoms with Crippen molar-refractivity contribution >= 4 is 22.6 Å². The van der Waals surface area contributed by atoms with E-state index in [9.17, 15) is 4.39 Å². The Morgan fingerprint density at radius 1 is 1.45 bits per heavy atom. The average molecular weight is 294 g/mol. The van der Waals surface area contributed by atoms with Crippen LogP contribution in [0.2, 0.25) is 0 Å². The molecule has 0 radical (unpaired) electrons. The van der Waals surface area contributed by atoms with Crippen molar-refractivity contribution in [3.05, 3.63) is 47.7 Å². The van der Waals surface area contributed by atoms with Gasteiger partial charge in [0.05, 0.1) is 17.6 Å². The van der Waals surface area contributed by atoms with Crippen molar-refractivity contribution in [1.82, 2.24) is 14.5 Å². The summed E-state index contributed by atoms with van der Waals surface area (Å²) in [4.78, 5) is 8.49. The van der Waals surface area contributed by atoms with Crippen molar-refractivity contribution in [2.24, 2.45) is 0 Å². The fourth-order valence-electron chi connectivity index (χ4n) is 2.33. The van der Waals surface area contributed by atoms with Crippen LogP contribution < -0.4 is 0 Å². The van der Waals surface area contributed by atoms with Crippen LogP contribution in [0.15, 0.2) is 28.8 Å². The van der Waals surface area contributed by atoms with Gasteiger partial charge in [-0.1, -0.05) is 6.07 Å². The Hall–Kier alpha value is -1.88. The minimum absolute atomic E-state index is 0.193. The number of aryl methyl sites for hydroxylation is 1. The van der Waals surface area contributed by atoms with Crippen LogP contribution in [0.3, 0.4) is 0 Å². The van der Waals surface area contributed by atoms with Crippen LogP contribution in [0, 0.1) is 12.7 Å². The van der Waals surface area contributed by atoms with Gasteiger partial charge in [0, 0.05) is 0 Å². The Morgan fingerprint density at radius 2 is 2.25 bits per heavy atom. The third-order valence-electron chi connectivity index (χ3n) is 3.25. The summed E-state index contributed by atoms with van der Waals surface area (Å²) in [6.45, 7) is 3.75. The number of rotatable bonds is 3. The number of alkyl halides is 1. The van der Waals surface area contributed by atoms with Crippen LogP contribution in [-0.2, 0) is 5.88 Å². The van der Waals surface area contributed by atoms with E-state index in [0.717, 1.165) is 5.76 Å². The molecule has 1 aromatic carbocycles. The van der Waals surface area contributed by atoms with E-state index < -0.39 is 0 Å². The van der Waals surface area contributed by atoms with Crippen molar-refractivity contribution in [2.75, 3.05) is 0 Å². The number of oxazole rings is 1. The zero-order valence-corrected chi connectivity index (χ0v) is 11.9. The lowest BCUT2D eigenvalue weighted by Crippen LogP contribution is -2.10. The standard InChI is InChI=1S/C14H13ClFN3O/c1-8-7-17-14(20-8)9(2)19-11-5-3-4-10(16)13(11)18-12(19)6-15/h3-5,7,9H,6H2,1-2H3. The van der Waals surface area contributed by atoms with Crippen molar-refractivity contribution in [1.29, 1.82) is 0 Å². The summed E-state index contributed by atoms with van der Waals surface area (Å²) in [7, 11) is 0. The molecule has 0 fully saturated rings. The molecule has 104 valence electrons. The number of benzene rings is 1. The summed E-state index contributed by atoms with van der Waals surface area (Å²) in [5, 5.41) is 0. The molecule has 0 aliphatic carbocycles. The van der Waals surface area contributed by atoms with Gasteiger partial charge in [-0.05, 0) is 26.0 Å². The Bertz CT molecular complexity index is 765. The van der Waals surface area contributed by atoms with Gasteiger partial charge < -0.3 is 8.98 Å². The molecule has 6 heteroatoms. The summed E-state index contributed by atoms with van der Waals surface area (Å²) in [6.07, 6.45) is 1.66. The first kappa shape index (κ1) is 13.1. The molecule has 0 spiro atoms. The predicted octanol–water partition coefficient (Wildman–Crippen LogP) is 3.82. The normalized spacial score (nSPS) is 13.0. The third-order valence-corrected chi connectivity index (χ3v) is 3.49. The van der Waals surface area contributed by atoms with E-state index >= 15 is 0 Å². The van der Waals surface area contributed by atoms with E-state index in [1.807, 2.05) is 24.5 Å². The van der Waals surface area contributed by atoms with E-state index in [1.54, 1.807) is 12.3 Å². The highest BCUT2D eigenvalue weighted by atomic mass is 35.5. The fourth-order valence-corrected chi connectivity index (χ4v) is 2.52. The fraction of sp³-hybridized carbons (Fsp3) is 0.286. The van der Waals surface area contributed by atoms with Gasteiger partial charge in [-0.15, -0.1) is 11.6 Å². The number of halogens is 2. The lowest BCUT2D eigenvalue weighted by molar-refractivity contribution is 0.415. The number of fused-ring (bicyclic) bond motifs is 1. The number of para-hydroxylation sites is 1. The maximum atomic E-state index is 13.8. The Morgan fingerprint density at radius 3 is 2.90 bits per heavy atom. The maximum absolute atomic E-state index is 13.8. The van der Waals surface area contributed by atoms with Crippen LogP contribution in [0.25, 0.3) is 11.0 Å². The largest absolute Gasteiger partial charge is 0.444 e. The second-order valence-electron chi connectivity index (χ2n) is 4.62. The smallest absolute Gasteiger partial charge is 0.217 e. The Labute approximate surface area is 120 Å². The highest BCUT2D eigenvalue weighted by Crippen LogP contribution is 2.27. The van der Waals surface area contributed by atoms with E-state index in [1.165, 1.54) is 6.07 Å². The lowest BCUT2D eigenvalue weighted by atomic mass is 10.2. The number of nitrogens with zero attached hydrogens (tertiary/aromatic N) is 3. The molecule has 1 unspecified atom stereocenters. The number of hydrogen-bond donors (Lipinski definition) is 0. The molecule has 0 saturated heterocycles. The monoisotopic (exact) mass is 293 g/mol. The van der Waals surface area contributed by atoms with E-state index in [4.69, 9.17) is 16.0 Å². The van der Waals surface area contributed by atoms with E-state index in [0.29, 0.717) is 22.7 Å². The molecule has 0 amide bonds. The van der Waals surface area contributed by atoms with Crippen LogP contribution in [0.5, 0.6) is 0 Å². The topological polar surface area (TPSA) is 43.9 Å². The SMILES string of the molecule is Cc1cnc(C(C)n2c(CCl)nc3c(F)cccc32)o1. The molecular weight excluding hydrogens is 281 g/mol. The van der Waals surface area contributed by atoms with Crippen LogP contribution in [-0.4, -0.2) is 14.5 Å². The molecule has 0 aliphatic rings. The summed E-state index contributed by atoms with van der Waals surface area (Å²) in [5.74, 6) is 1.71. The molecule has 4 nitrogen and oxygen atoms in total. The molecule has 2 heterocycles. The van der Waals surface area contributed by atoms with Gasteiger partial charge in [0.15, 0.2) is 5.82 Å². The molecule has 0 N–H and O–H groups in total. The molecule has 1 atom stereocenters. The summed E-state index contributed by atoms with van der Waals surface area (Å²) in [5.41, 5.74) is 1.00. The predicted molar refractivity (Wildman–Crippen MR) is 74.3 cm³/mol. The summed E-state index contributed by atoms with van der Waals surface area (Å²) < 4.78 is 21.2. The number of aromatic nitrogens is 3. The number of hydrogen-bond acceptors (Lipinski definition) is 3. The van der Waals surface area contributed by atoms with E-state index in [2.05, 4.69) is 9.97 Å². The van der Waals surface area contributed by atoms with Gasteiger partial charge in [-0.3, -0.25) is 0 Å². The van der Waals surface area contributed by atoms with Crippen molar-refractivity contribution < 1.29 is 8.81 Å². The molecule has 0 saturated carbocycles. The van der Waals surface area contributed by atoms with Crippen molar-refractivity contribution in [2.45, 2.75) is 25.8 Å². The molecule has 2 aromatic heterocycles. The first-order valence-corrected chi connectivity index (χ1v) is 6.79. The summed E-state index contributed by atoms with van der Waals surface area (Å²) >= 11 is 5.94. The zero-order valence-electron chi connectivity index (χ0n) is 11.1. The third kappa shape index (κ3) is 1.98. The van der Waals surface area contributed by atoms with E-state index in [-0.39, 0.29) is 17.7 Å². The minimum Gasteiger partial charge on any atom is -0.444 e. The Kier molecular flexibility index (Phi) is 3.22. The maximum Gasteiger partial charge on any atom is 0.217 e. The van der Waals surface area contributed by atoms with Crippen LogP contribution in [0.4, 0.5) is 4.39 Å². The second kappa shape index (κ2) is 4.90. The van der Waals surface area contributed by atoms with Gasteiger partial charge in [0.1, 0.15) is 23.1 Å².